The predicted octanol–water partition coefficient (Wildman–Crippen LogP) is 0.202. The van der Waals surface area contributed by atoms with Gasteiger partial charge in [0, 0.05) is 19.0 Å². The molecule has 0 aliphatic rings. The Bertz CT molecular complexity index is 211. The fraction of sp³-hybridized carbons (Fsp3) is 0.800. The first-order valence-electron chi connectivity index (χ1n) is 5.41. The van der Waals surface area contributed by atoms with Gasteiger partial charge in [-0.05, 0) is 19.3 Å². The van der Waals surface area contributed by atoms with Crippen LogP contribution >= 0.6 is 0 Å². The second kappa shape index (κ2) is 8.08. The third-order valence-corrected chi connectivity index (χ3v) is 2.24. The number of nitrogens with one attached hydrogen (secondary N) is 1. The Hall–Kier alpha value is -1.26. The minimum atomic E-state index is 0.0997. The number of hydrogen-bond donors (Lipinski definition) is 3. The summed E-state index contributed by atoms with van der Waals surface area (Å²) in [5.74, 6) is 0.348. The van der Waals surface area contributed by atoms with E-state index in [4.69, 9.17) is 11.5 Å². The molecule has 88 valence electrons. The van der Waals surface area contributed by atoms with Gasteiger partial charge < -0.3 is 16.8 Å². The molecule has 0 radical (unpaired) electrons. The second-order valence-electron chi connectivity index (χ2n) is 3.61. The summed E-state index contributed by atoms with van der Waals surface area (Å²) in [5, 5.41) is 2.87. The summed E-state index contributed by atoms with van der Waals surface area (Å²) in [6.07, 6.45) is 2.66. The van der Waals surface area contributed by atoms with E-state index in [0.717, 1.165) is 19.3 Å². The molecule has 5 nitrogen and oxygen atoms in total. The van der Waals surface area contributed by atoms with Gasteiger partial charge in [0.1, 0.15) is 0 Å². The quantitative estimate of drug-likeness (QED) is 0.321. The zero-order chi connectivity index (χ0) is 11.7. The van der Waals surface area contributed by atoms with Crippen molar-refractivity contribution < 1.29 is 4.79 Å². The third-order valence-electron chi connectivity index (χ3n) is 2.24. The molecule has 0 aromatic carbocycles. The highest BCUT2D eigenvalue weighted by molar-refractivity contribution is 5.78. The average Bonchev–Trinajstić information content (AvgIpc) is 2.21. The number of amides is 1. The van der Waals surface area contributed by atoms with Crippen LogP contribution in [0.5, 0.6) is 0 Å². The Balaban J connectivity index is 3.39. The normalized spacial score (nSPS) is 11.9. The van der Waals surface area contributed by atoms with Crippen molar-refractivity contribution in [2.45, 2.75) is 33.1 Å². The van der Waals surface area contributed by atoms with Gasteiger partial charge in [-0.3, -0.25) is 9.79 Å². The van der Waals surface area contributed by atoms with Crippen LogP contribution in [-0.4, -0.2) is 25.0 Å². The molecular formula is C10H22N4O. The first kappa shape index (κ1) is 13.7. The van der Waals surface area contributed by atoms with Gasteiger partial charge in [-0.1, -0.05) is 13.8 Å². The van der Waals surface area contributed by atoms with Crippen LogP contribution in [0.25, 0.3) is 0 Å². The van der Waals surface area contributed by atoms with E-state index in [1.165, 1.54) is 0 Å². The van der Waals surface area contributed by atoms with E-state index in [-0.39, 0.29) is 17.8 Å². The molecule has 1 atom stereocenters. The van der Waals surface area contributed by atoms with Crippen LogP contribution in [-0.2, 0) is 4.79 Å². The van der Waals surface area contributed by atoms with Gasteiger partial charge in [0.2, 0.25) is 5.91 Å². The highest BCUT2D eigenvalue weighted by Gasteiger charge is 2.08. The number of carbonyl (C=O) groups is 1. The molecule has 15 heavy (non-hydrogen) atoms. The van der Waals surface area contributed by atoms with Crippen molar-refractivity contribution >= 4 is 11.9 Å². The molecule has 0 saturated carbocycles. The van der Waals surface area contributed by atoms with Gasteiger partial charge in [-0.2, -0.15) is 0 Å². The van der Waals surface area contributed by atoms with Crippen molar-refractivity contribution in [2.24, 2.45) is 22.4 Å². The lowest BCUT2D eigenvalue weighted by Gasteiger charge is -2.09. The van der Waals surface area contributed by atoms with Gasteiger partial charge in [-0.15, -0.1) is 0 Å². The molecule has 0 aliphatic carbocycles. The number of nitrogens with zero attached hydrogens (tertiary/aromatic N) is 1. The zero-order valence-corrected chi connectivity index (χ0v) is 9.62. The maximum atomic E-state index is 11.3. The lowest BCUT2D eigenvalue weighted by atomic mass is 10.1. The van der Waals surface area contributed by atoms with E-state index in [0.29, 0.717) is 13.1 Å². The van der Waals surface area contributed by atoms with Crippen molar-refractivity contribution in [1.82, 2.24) is 5.32 Å². The summed E-state index contributed by atoms with van der Waals surface area (Å²) in [5.41, 5.74) is 10.3. The second-order valence-corrected chi connectivity index (χ2v) is 3.61. The molecule has 0 bridgehead atoms. The smallest absolute Gasteiger partial charge is 0.222 e. The van der Waals surface area contributed by atoms with Crippen LogP contribution in [0.1, 0.15) is 33.1 Å². The minimum absolute atomic E-state index is 0.0997. The Morgan fingerprint density at radius 2 is 2.07 bits per heavy atom. The third kappa shape index (κ3) is 7.78. The monoisotopic (exact) mass is 214 g/mol. The molecular weight excluding hydrogens is 192 g/mol. The van der Waals surface area contributed by atoms with Gasteiger partial charge in [0.05, 0.1) is 0 Å². The molecule has 0 aliphatic heterocycles. The van der Waals surface area contributed by atoms with Gasteiger partial charge in [0.25, 0.3) is 0 Å². The lowest BCUT2D eigenvalue weighted by Crippen LogP contribution is -2.29. The summed E-state index contributed by atoms with van der Waals surface area (Å²) < 4.78 is 0. The molecule has 1 amide bonds. The average molecular weight is 214 g/mol. The van der Waals surface area contributed by atoms with E-state index in [2.05, 4.69) is 10.3 Å². The number of nitrogens with two attached hydrogens (primary N) is 2. The molecule has 1 unspecified atom stereocenters. The lowest BCUT2D eigenvalue weighted by molar-refractivity contribution is -0.124. The number of hydrogen-bond acceptors (Lipinski definition) is 2. The Kier molecular flexibility index (Phi) is 7.40. The van der Waals surface area contributed by atoms with Crippen LogP contribution in [0.2, 0.25) is 0 Å². The van der Waals surface area contributed by atoms with Crippen molar-refractivity contribution in [3.8, 4) is 0 Å². The van der Waals surface area contributed by atoms with E-state index >= 15 is 0 Å². The highest BCUT2D eigenvalue weighted by Crippen LogP contribution is 1.99. The maximum absolute atomic E-state index is 11.3. The van der Waals surface area contributed by atoms with Crippen molar-refractivity contribution in [3.63, 3.8) is 0 Å². The Morgan fingerprint density at radius 1 is 1.40 bits per heavy atom. The highest BCUT2D eigenvalue weighted by atomic mass is 16.1. The van der Waals surface area contributed by atoms with Crippen molar-refractivity contribution in [1.29, 1.82) is 0 Å². The number of aliphatic imine (C=N–C) groups is 1. The predicted molar refractivity (Wildman–Crippen MR) is 62.4 cm³/mol. The largest absolute Gasteiger partial charge is 0.370 e. The number of carbonyl (C=O) groups excluding carboxylic acids is 1. The van der Waals surface area contributed by atoms with Crippen molar-refractivity contribution in [2.75, 3.05) is 13.1 Å². The van der Waals surface area contributed by atoms with Crippen LogP contribution in [0, 0.1) is 5.92 Å². The molecule has 0 aromatic rings. The fourth-order valence-corrected chi connectivity index (χ4v) is 1.02. The van der Waals surface area contributed by atoms with Crippen LogP contribution in [0.4, 0.5) is 0 Å². The van der Waals surface area contributed by atoms with Crippen LogP contribution in [0.15, 0.2) is 4.99 Å². The Morgan fingerprint density at radius 3 is 2.60 bits per heavy atom. The topological polar surface area (TPSA) is 93.5 Å². The van der Waals surface area contributed by atoms with E-state index in [9.17, 15) is 4.79 Å². The zero-order valence-electron chi connectivity index (χ0n) is 9.62. The van der Waals surface area contributed by atoms with Gasteiger partial charge in [0.15, 0.2) is 5.96 Å². The Labute approximate surface area is 91.3 Å². The number of unbranched alkanes of at least 4 members (excludes halogenated alkanes) is 1. The van der Waals surface area contributed by atoms with Gasteiger partial charge in [-0.25, -0.2) is 0 Å². The number of guanidine groups is 1. The van der Waals surface area contributed by atoms with Crippen molar-refractivity contribution in [3.05, 3.63) is 0 Å². The summed E-state index contributed by atoms with van der Waals surface area (Å²) in [7, 11) is 0. The van der Waals surface area contributed by atoms with Gasteiger partial charge >= 0.3 is 0 Å². The van der Waals surface area contributed by atoms with E-state index in [1.54, 1.807) is 0 Å². The molecule has 0 saturated heterocycles. The first-order valence-corrected chi connectivity index (χ1v) is 5.41. The summed E-state index contributed by atoms with van der Waals surface area (Å²) in [6, 6.07) is 0. The molecule has 5 heteroatoms. The molecule has 0 fully saturated rings. The number of rotatable bonds is 7. The maximum Gasteiger partial charge on any atom is 0.222 e. The molecule has 0 aromatic heterocycles. The summed E-state index contributed by atoms with van der Waals surface area (Å²) >= 11 is 0. The fourth-order valence-electron chi connectivity index (χ4n) is 1.02. The molecule has 0 heterocycles. The summed E-state index contributed by atoms with van der Waals surface area (Å²) in [4.78, 5) is 15.2. The molecule has 0 spiro atoms. The van der Waals surface area contributed by atoms with E-state index in [1.807, 2.05) is 13.8 Å². The van der Waals surface area contributed by atoms with Crippen LogP contribution in [0.3, 0.4) is 0 Å². The van der Waals surface area contributed by atoms with E-state index < -0.39 is 0 Å². The SMILES string of the molecule is CCC(C)C(=O)NCCCCN=C(N)N. The molecule has 0 rings (SSSR count). The minimum Gasteiger partial charge on any atom is -0.370 e. The van der Waals surface area contributed by atoms with Crippen LogP contribution < -0.4 is 16.8 Å². The summed E-state index contributed by atoms with van der Waals surface area (Å²) in [6.45, 7) is 5.25. The standard InChI is InChI=1S/C10H22N4O/c1-3-8(2)9(15)13-6-4-5-7-14-10(11)12/h8H,3-7H2,1-2H3,(H,13,15)(H4,11,12,14). The first-order chi connectivity index (χ1) is 7.07. The molecule has 5 N–H and O–H groups in total.